The summed E-state index contributed by atoms with van der Waals surface area (Å²) in [6.07, 6.45) is 5.80. The lowest BCUT2D eigenvalue weighted by molar-refractivity contribution is 0.0971. The number of carbonyl (C=O) groups is 1. The van der Waals surface area contributed by atoms with E-state index in [1.807, 2.05) is 0 Å². The number of unbranched alkanes of at least 4 members (excludes halogenated alkanes) is 3. The molecule has 1 aromatic rings. The van der Waals surface area contributed by atoms with E-state index in [2.05, 4.69) is 22.6 Å². The predicted molar refractivity (Wildman–Crippen MR) is 85.5 cm³/mol. The van der Waals surface area contributed by atoms with Crippen LogP contribution in [0.1, 0.15) is 36.0 Å². The van der Waals surface area contributed by atoms with Crippen molar-refractivity contribution < 1.29 is 14.3 Å². The van der Waals surface area contributed by atoms with E-state index in [-0.39, 0.29) is 0 Å². The van der Waals surface area contributed by atoms with Crippen LogP contribution in [-0.4, -0.2) is 30.5 Å². The molecule has 0 spiro atoms. The van der Waals surface area contributed by atoms with Crippen LogP contribution in [0.2, 0.25) is 0 Å². The molecule has 0 saturated heterocycles. The van der Waals surface area contributed by atoms with E-state index in [9.17, 15) is 4.79 Å². The molecule has 0 aliphatic rings. The first-order chi connectivity index (χ1) is 9.36. The van der Waals surface area contributed by atoms with Crippen molar-refractivity contribution in [1.82, 2.24) is 0 Å². The highest BCUT2D eigenvalue weighted by molar-refractivity contribution is 14.1. The second-order valence-corrected chi connectivity index (χ2v) is 5.33. The van der Waals surface area contributed by atoms with Crippen molar-refractivity contribution in [2.45, 2.75) is 25.7 Å². The van der Waals surface area contributed by atoms with Crippen LogP contribution in [0, 0.1) is 0 Å². The summed E-state index contributed by atoms with van der Waals surface area (Å²) < 4.78 is 12.3. The maximum Gasteiger partial charge on any atom is 0.150 e. The fraction of sp³-hybridized carbons (Fsp3) is 0.533. The Morgan fingerprint density at radius 2 is 1.68 bits per heavy atom. The molecule has 0 atom stereocenters. The molecule has 106 valence electrons. The van der Waals surface area contributed by atoms with E-state index in [0.29, 0.717) is 18.8 Å². The molecule has 19 heavy (non-hydrogen) atoms. The Hall–Kier alpha value is -0.620. The van der Waals surface area contributed by atoms with Gasteiger partial charge in [0, 0.05) is 12.2 Å². The molecule has 0 aliphatic heterocycles. The van der Waals surface area contributed by atoms with Crippen LogP contribution in [0.5, 0.6) is 5.75 Å². The van der Waals surface area contributed by atoms with Crippen molar-refractivity contribution >= 4 is 28.9 Å². The van der Waals surface area contributed by atoms with Gasteiger partial charge in [0.25, 0.3) is 0 Å². The molecule has 3 nitrogen and oxygen atoms in total. The topological polar surface area (TPSA) is 35.5 Å². The Balaban J connectivity index is 1.96. The number of benzene rings is 1. The van der Waals surface area contributed by atoms with Crippen molar-refractivity contribution in [3.05, 3.63) is 29.8 Å². The van der Waals surface area contributed by atoms with Gasteiger partial charge in [0.15, 0.2) is 0 Å². The molecule has 0 heterocycles. The van der Waals surface area contributed by atoms with E-state index in [0.717, 1.165) is 25.1 Å². The van der Waals surface area contributed by atoms with Crippen LogP contribution in [-0.2, 0) is 4.74 Å². The summed E-state index contributed by atoms with van der Waals surface area (Å²) >= 11 is 2.41. The van der Waals surface area contributed by atoms with Gasteiger partial charge >= 0.3 is 0 Å². The highest BCUT2D eigenvalue weighted by Crippen LogP contribution is 2.10. The minimum absolute atomic E-state index is 0.550. The number of ether oxygens (including phenoxy) is 2. The molecule has 0 saturated carbocycles. The van der Waals surface area contributed by atoms with E-state index in [1.165, 1.54) is 23.7 Å². The molecule has 0 unspecified atom stereocenters. The standard InChI is InChI=1S/C15H21IO3/c16-9-3-1-2-4-10-18-11-12-19-15-7-5-14(13-17)6-8-15/h5-8,13H,1-4,9-12H2. The molecule has 1 aromatic carbocycles. The average Bonchev–Trinajstić information content (AvgIpc) is 2.46. The second kappa shape index (κ2) is 11.2. The van der Waals surface area contributed by atoms with Crippen LogP contribution < -0.4 is 4.74 Å². The van der Waals surface area contributed by atoms with Gasteiger partial charge in [0.1, 0.15) is 18.6 Å². The zero-order chi connectivity index (χ0) is 13.8. The number of aldehydes is 1. The zero-order valence-electron chi connectivity index (χ0n) is 11.1. The lowest BCUT2D eigenvalue weighted by Crippen LogP contribution is -2.07. The number of alkyl halides is 1. The summed E-state index contributed by atoms with van der Waals surface area (Å²) in [5.41, 5.74) is 0.662. The first-order valence-electron chi connectivity index (χ1n) is 6.68. The fourth-order valence-electron chi connectivity index (χ4n) is 1.62. The minimum atomic E-state index is 0.550. The number of hydrogen-bond donors (Lipinski definition) is 0. The Kier molecular flexibility index (Phi) is 9.71. The predicted octanol–water partition coefficient (Wildman–Crippen LogP) is 3.89. The van der Waals surface area contributed by atoms with E-state index in [1.54, 1.807) is 24.3 Å². The first-order valence-corrected chi connectivity index (χ1v) is 8.21. The quantitative estimate of drug-likeness (QED) is 0.254. The van der Waals surface area contributed by atoms with Gasteiger partial charge in [0.05, 0.1) is 6.61 Å². The number of hydrogen-bond acceptors (Lipinski definition) is 3. The maximum absolute atomic E-state index is 10.5. The summed E-state index contributed by atoms with van der Waals surface area (Å²) in [6.45, 7) is 1.98. The average molecular weight is 376 g/mol. The summed E-state index contributed by atoms with van der Waals surface area (Å²) in [5.74, 6) is 0.774. The fourth-order valence-corrected chi connectivity index (χ4v) is 2.15. The highest BCUT2D eigenvalue weighted by Gasteiger charge is 1.95. The van der Waals surface area contributed by atoms with Crippen LogP contribution in [0.3, 0.4) is 0 Å². The zero-order valence-corrected chi connectivity index (χ0v) is 13.3. The van der Waals surface area contributed by atoms with Gasteiger partial charge in [-0.3, -0.25) is 4.79 Å². The van der Waals surface area contributed by atoms with Crippen molar-refractivity contribution in [3.8, 4) is 5.75 Å². The molecule has 0 N–H and O–H groups in total. The van der Waals surface area contributed by atoms with Gasteiger partial charge in [-0.15, -0.1) is 0 Å². The molecule has 0 fully saturated rings. The molecule has 0 bridgehead atoms. The van der Waals surface area contributed by atoms with Gasteiger partial charge < -0.3 is 9.47 Å². The number of rotatable bonds is 11. The van der Waals surface area contributed by atoms with Gasteiger partial charge in [-0.05, 0) is 41.5 Å². The normalized spacial score (nSPS) is 10.4. The smallest absolute Gasteiger partial charge is 0.150 e. The van der Waals surface area contributed by atoms with Gasteiger partial charge in [-0.1, -0.05) is 35.4 Å². The summed E-state index contributed by atoms with van der Waals surface area (Å²) in [7, 11) is 0. The Labute approximate surface area is 128 Å². The summed E-state index contributed by atoms with van der Waals surface area (Å²) in [4.78, 5) is 10.5. The first kappa shape index (κ1) is 16.4. The lowest BCUT2D eigenvalue weighted by Gasteiger charge is -2.07. The van der Waals surface area contributed by atoms with Gasteiger partial charge in [-0.25, -0.2) is 0 Å². The molecule has 0 aliphatic carbocycles. The second-order valence-electron chi connectivity index (χ2n) is 4.25. The van der Waals surface area contributed by atoms with E-state index >= 15 is 0 Å². The third-order valence-corrected chi connectivity index (χ3v) is 3.45. The van der Waals surface area contributed by atoms with Crippen molar-refractivity contribution in [2.75, 3.05) is 24.2 Å². The Bertz CT molecular complexity index is 338. The highest BCUT2D eigenvalue weighted by atomic mass is 127. The lowest BCUT2D eigenvalue weighted by atomic mass is 10.2. The van der Waals surface area contributed by atoms with Crippen LogP contribution in [0.15, 0.2) is 24.3 Å². The van der Waals surface area contributed by atoms with Crippen LogP contribution in [0.4, 0.5) is 0 Å². The molecular weight excluding hydrogens is 355 g/mol. The van der Waals surface area contributed by atoms with E-state index < -0.39 is 0 Å². The van der Waals surface area contributed by atoms with Crippen molar-refractivity contribution in [3.63, 3.8) is 0 Å². The molecule has 1 rings (SSSR count). The third kappa shape index (κ3) is 8.21. The summed E-state index contributed by atoms with van der Waals surface area (Å²) in [6, 6.07) is 7.09. The maximum atomic E-state index is 10.5. The Morgan fingerprint density at radius 1 is 0.947 bits per heavy atom. The number of carbonyl (C=O) groups excluding carboxylic acids is 1. The third-order valence-electron chi connectivity index (χ3n) is 2.68. The molecular formula is C15H21IO3. The SMILES string of the molecule is O=Cc1ccc(OCCOCCCCCCI)cc1. The van der Waals surface area contributed by atoms with E-state index in [4.69, 9.17) is 9.47 Å². The summed E-state index contributed by atoms with van der Waals surface area (Å²) in [5, 5.41) is 0. The molecule has 0 amide bonds. The van der Waals surface area contributed by atoms with Crippen molar-refractivity contribution in [2.24, 2.45) is 0 Å². The Morgan fingerprint density at radius 3 is 2.37 bits per heavy atom. The van der Waals surface area contributed by atoms with Crippen LogP contribution >= 0.6 is 22.6 Å². The molecule has 4 heteroatoms. The molecule has 0 radical (unpaired) electrons. The van der Waals surface area contributed by atoms with Gasteiger partial charge in [0.2, 0.25) is 0 Å². The van der Waals surface area contributed by atoms with Crippen LogP contribution in [0.25, 0.3) is 0 Å². The number of halogens is 1. The van der Waals surface area contributed by atoms with Crippen molar-refractivity contribution in [1.29, 1.82) is 0 Å². The minimum Gasteiger partial charge on any atom is -0.491 e. The molecule has 0 aromatic heterocycles. The monoisotopic (exact) mass is 376 g/mol. The largest absolute Gasteiger partial charge is 0.491 e. The van der Waals surface area contributed by atoms with Gasteiger partial charge in [-0.2, -0.15) is 0 Å².